The molecular weight excluding hydrogens is 237 g/mol. The van der Waals surface area contributed by atoms with E-state index < -0.39 is 12.6 Å². The Hall–Kier alpha value is -0.210. The molecule has 0 bridgehead atoms. The summed E-state index contributed by atoms with van der Waals surface area (Å²) in [5.74, 6) is 2.31. The highest BCUT2D eigenvalue weighted by atomic mass is 19.4. The molecule has 0 radical (unpaired) electrons. The fraction of sp³-hybridized carbons (Fsp3) is 1.00. The van der Waals surface area contributed by atoms with E-state index in [0.717, 1.165) is 43.4 Å². The Labute approximate surface area is 108 Å². The lowest BCUT2D eigenvalue weighted by Crippen LogP contribution is -2.27. The van der Waals surface area contributed by atoms with Gasteiger partial charge in [0.25, 0.3) is 0 Å². The van der Waals surface area contributed by atoms with Gasteiger partial charge < -0.3 is 0 Å². The molecule has 0 heterocycles. The van der Waals surface area contributed by atoms with Crippen molar-refractivity contribution in [2.24, 2.45) is 23.7 Å². The average molecular weight is 262 g/mol. The third-order valence-electron chi connectivity index (χ3n) is 5.14. The molecule has 0 nitrogen and oxygen atoms in total. The Morgan fingerprint density at radius 2 is 1.22 bits per heavy atom. The van der Waals surface area contributed by atoms with Gasteiger partial charge in [0.05, 0.1) is 0 Å². The van der Waals surface area contributed by atoms with Gasteiger partial charge in [-0.05, 0) is 62.2 Å². The Balaban J connectivity index is 1.73. The maximum atomic E-state index is 12.3. The van der Waals surface area contributed by atoms with E-state index in [9.17, 15) is 13.2 Å². The summed E-state index contributed by atoms with van der Waals surface area (Å²) in [7, 11) is 0. The summed E-state index contributed by atoms with van der Waals surface area (Å²) < 4.78 is 37.0. The van der Waals surface area contributed by atoms with E-state index >= 15 is 0 Å². The highest BCUT2D eigenvalue weighted by molar-refractivity contribution is 4.81. The van der Waals surface area contributed by atoms with Gasteiger partial charge in [0, 0.05) is 6.42 Å². The summed E-state index contributed by atoms with van der Waals surface area (Å²) in [5.41, 5.74) is 0. The Bertz CT molecular complexity index is 243. The van der Waals surface area contributed by atoms with E-state index in [2.05, 4.69) is 6.92 Å². The molecule has 18 heavy (non-hydrogen) atoms. The van der Waals surface area contributed by atoms with Crippen molar-refractivity contribution in [1.29, 1.82) is 0 Å². The van der Waals surface area contributed by atoms with Crippen molar-refractivity contribution < 1.29 is 13.2 Å². The van der Waals surface area contributed by atoms with Crippen molar-refractivity contribution in [2.45, 2.75) is 70.9 Å². The van der Waals surface area contributed by atoms with Crippen LogP contribution >= 0.6 is 0 Å². The first-order valence-corrected chi connectivity index (χ1v) is 7.51. The smallest absolute Gasteiger partial charge is 0.171 e. The van der Waals surface area contributed by atoms with Crippen molar-refractivity contribution in [1.82, 2.24) is 0 Å². The van der Waals surface area contributed by atoms with Crippen LogP contribution < -0.4 is 0 Å². The monoisotopic (exact) mass is 262 g/mol. The predicted octanol–water partition coefficient (Wildman–Crippen LogP) is 5.57. The zero-order chi connectivity index (χ0) is 13.2. The van der Waals surface area contributed by atoms with E-state index in [-0.39, 0.29) is 5.92 Å². The molecule has 0 aromatic carbocycles. The molecule has 0 N–H and O–H groups in total. The van der Waals surface area contributed by atoms with Crippen molar-refractivity contribution in [3.63, 3.8) is 0 Å². The fourth-order valence-electron chi connectivity index (χ4n) is 3.95. The first kappa shape index (κ1) is 14.2. The molecule has 2 saturated carbocycles. The minimum absolute atomic E-state index is 0.0937. The van der Waals surface area contributed by atoms with E-state index in [4.69, 9.17) is 0 Å². The number of hydrogen-bond donors (Lipinski definition) is 0. The van der Waals surface area contributed by atoms with Gasteiger partial charge in [-0.3, -0.25) is 0 Å². The summed E-state index contributed by atoms with van der Waals surface area (Å²) in [6.07, 6.45) is 4.46. The van der Waals surface area contributed by atoms with E-state index in [0.29, 0.717) is 0 Å². The molecular formula is C15H25F3. The number of alkyl halides is 3. The van der Waals surface area contributed by atoms with E-state index in [1.54, 1.807) is 0 Å². The van der Waals surface area contributed by atoms with Gasteiger partial charge in [0.15, 0.2) is 0 Å². The quantitative estimate of drug-likeness (QED) is 0.610. The molecule has 0 atom stereocenters. The summed E-state index contributed by atoms with van der Waals surface area (Å²) in [5, 5.41) is 0. The molecule has 0 aromatic rings. The van der Waals surface area contributed by atoms with Gasteiger partial charge in [0.2, 0.25) is 0 Å². The van der Waals surface area contributed by atoms with E-state index in [1.807, 2.05) is 0 Å². The predicted molar refractivity (Wildman–Crippen MR) is 67.2 cm³/mol. The SMILES string of the molecule is CC1CCC(C2CCC(CC(F)(F)F)CC2)CC1. The molecule has 2 aliphatic carbocycles. The van der Waals surface area contributed by atoms with Gasteiger partial charge in [0.1, 0.15) is 0 Å². The molecule has 3 heteroatoms. The third kappa shape index (κ3) is 4.17. The zero-order valence-electron chi connectivity index (χ0n) is 11.3. The molecule has 2 fully saturated rings. The number of hydrogen-bond acceptors (Lipinski definition) is 0. The Morgan fingerprint density at radius 3 is 1.67 bits per heavy atom. The lowest BCUT2D eigenvalue weighted by Gasteiger charge is -2.37. The molecule has 0 aliphatic heterocycles. The summed E-state index contributed by atoms with van der Waals surface area (Å²) in [4.78, 5) is 0. The van der Waals surface area contributed by atoms with Crippen LogP contribution in [0.25, 0.3) is 0 Å². The van der Waals surface area contributed by atoms with Gasteiger partial charge in [-0.2, -0.15) is 13.2 Å². The normalized spacial score (nSPS) is 38.7. The van der Waals surface area contributed by atoms with Crippen LogP contribution in [-0.4, -0.2) is 6.18 Å². The Morgan fingerprint density at radius 1 is 0.778 bits per heavy atom. The number of rotatable bonds is 2. The van der Waals surface area contributed by atoms with Crippen molar-refractivity contribution >= 4 is 0 Å². The molecule has 0 amide bonds. The second kappa shape index (κ2) is 5.83. The minimum atomic E-state index is -3.96. The van der Waals surface area contributed by atoms with Gasteiger partial charge in [-0.15, -0.1) is 0 Å². The van der Waals surface area contributed by atoms with Gasteiger partial charge in [-0.1, -0.05) is 19.8 Å². The van der Waals surface area contributed by atoms with Crippen LogP contribution in [0.15, 0.2) is 0 Å². The Kier molecular flexibility index (Phi) is 4.60. The molecule has 0 aromatic heterocycles. The summed E-state index contributed by atoms with van der Waals surface area (Å²) >= 11 is 0. The first-order valence-electron chi connectivity index (χ1n) is 7.51. The van der Waals surface area contributed by atoms with Crippen LogP contribution in [0.5, 0.6) is 0 Å². The van der Waals surface area contributed by atoms with Gasteiger partial charge >= 0.3 is 6.18 Å². The van der Waals surface area contributed by atoms with Crippen LogP contribution in [0.4, 0.5) is 13.2 Å². The maximum absolute atomic E-state index is 12.3. The molecule has 0 saturated heterocycles. The van der Waals surface area contributed by atoms with Crippen LogP contribution in [0.3, 0.4) is 0 Å². The summed E-state index contributed by atoms with van der Waals surface area (Å²) in [6, 6.07) is 0. The van der Waals surface area contributed by atoms with Crippen LogP contribution in [0.1, 0.15) is 64.7 Å². The molecule has 0 spiro atoms. The topological polar surface area (TPSA) is 0 Å². The van der Waals surface area contributed by atoms with Crippen molar-refractivity contribution in [2.75, 3.05) is 0 Å². The highest BCUT2D eigenvalue weighted by Gasteiger charge is 2.35. The van der Waals surface area contributed by atoms with Crippen LogP contribution in [0.2, 0.25) is 0 Å². The van der Waals surface area contributed by atoms with Gasteiger partial charge in [-0.25, -0.2) is 0 Å². The van der Waals surface area contributed by atoms with Crippen LogP contribution in [-0.2, 0) is 0 Å². The van der Waals surface area contributed by atoms with Crippen molar-refractivity contribution in [3.8, 4) is 0 Å². The van der Waals surface area contributed by atoms with Crippen LogP contribution in [0, 0.1) is 23.7 Å². The molecule has 0 unspecified atom stereocenters. The fourth-order valence-corrected chi connectivity index (χ4v) is 3.95. The standard InChI is InChI=1S/C15H25F3/c1-11-2-6-13(7-3-11)14-8-4-12(5-9-14)10-15(16,17)18/h11-14H,2-10H2,1H3. The largest absolute Gasteiger partial charge is 0.389 e. The third-order valence-corrected chi connectivity index (χ3v) is 5.14. The highest BCUT2D eigenvalue weighted by Crippen LogP contribution is 2.43. The molecule has 2 rings (SSSR count). The summed E-state index contributed by atoms with van der Waals surface area (Å²) in [6.45, 7) is 2.32. The van der Waals surface area contributed by atoms with E-state index in [1.165, 1.54) is 25.7 Å². The second-order valence-corrected chi connectivity index (χ2v) is 6.62. The lowest BCUT2D eigenvalue weighted by atomic mass is 9.69. The molecule has 106 valence electrons. The van der Waals surface area contributed by atoms with Crippen molar-refractivity contribution in [3.05, 3.63) is 0 Å². The maximum Gasteiger partial charge on any atom is 0.389 e. The molecule has 2 aliphatic rings. The first-order chi connectivity index (χ1) is 8.44. The average Bonchev–Trinajstić information content (AvgIpc) is 2.29. The zero-order valence-corrected chi connectivity index (χ0v) is 11.3. The lowest BCUT2D eigenvalue weighted by molar-refractivity contribution is -0.147. The second-order valence-electron chi connectivity index (χ2n) is 6.62. The minimum Gasteiger partial charge on any atom is -0.171 e. The number of halogens is 3.